The van der Waals surface area contributed by atoms with Crippen LogP contribution < -0.4 is 15.4 Å². The molecule has 7 heteroatoms. The van der Waals surface area contributed by atoms with Gasteiger partial charge in [-0.1, -0.05) is 36.8 Å². The van der Waals surface area contributed by atoms with Crippen molar-refractivity contribution < 1.29 is 9.53 Å². The molecule has 1 unspecified atom stereocenters. The molecule has 0 bridgehead atoms. The molecule has 2 aromatic rings. The van der Waals surface area contributed by atoms with Gasteiger partial charge in [0.2, 0.25) is 5.91 Å². The van der Waals surface area contributed by atoms with Gasteiger partial charge >= 0.3 is 0 Å². The number of nitrogens with zero attached hydrogens (tertiary/aromatic N) is 1. The molecular formula is C22H31Cl2N3O2. The van der Waals surface area contributed by atoms with Crippen molar-refractivity contribution in [2.45, 2.75) is 25.3 Å². The van der Waals surface area contributed by atoms with Crippen LogP contribution in [0.2, 0.25) is 0 Å². The monoisotopic (exact) mass is 439 g/mol. The predicted octanol–water partition coefficient (Wildman–Crippen LogP) is 4.29. The van der Waals surface area contributed by atoms with Crippen LogP contribution in [0.1, 0.15) is 30.9 Å². The van der Waals surface area contributed by atoms with Crippen LogP contribution in [0.3, 0.4) is 0 Å². The van der Waals surface area contributed by atoms with E-state index in [-0.39, 0.29) is 43.3 Å². The van der Waals surface area contributed by atoms with E-state index in [0.29, 0.717) is 6.54 Å². The number of hydrogen-bond acceptors (Lipinski definition) is 4. The second-order valence-corrected chi connectivity index (χ2v) is 6.91. The highest BCUT2D eigenvalue weighted by Gasteiger charge is 2.22. The molecule has 160 valence electrons. The van der Waals surface area contributed by atoms with E-state index in [0.717, 1.165) is 24.5 Å². The van der Waals surface area contributed by atoms with Crippen LogP contribution in [0.4, 0.5) is 5.69 Å². The smallest absolute Gasteiger partial charge is 0.239 e. The Bertz CT molecular complexity index is 708. The van der Waals surface area contributed by atoms with Gasteiger partial charge in [-0.3, -0.25) is 9.69 Å². The standard InChI is InChI=1S/C22H29N3O2.2ClH/c1-27-20-12-10-18(11-13-20)21(25-14-6-3-7-15-25)16-24-22(26)17-23-19-8-4-2-5-9-19;;/h2,4-5,8-13,21,23H,3,6-7,14-17H2,1H3,(H,24,26);2*1H. The van der Waals surface area contributed by atoms with Crippen molar-refractivity contribution >= 4 is 36.4 Å². The third-order valence-electron chi connectivity index (χ3n) is 5.05. The molecule has 1 fully saturated rings. The molecule has 0 saturated carbocycles. The van der Waals surface area contributed by atoms with Gasteiger partial charge in [0.15, 0.2) is 0 Å². The minimum Gasteiger partial charge on any atom is -0.497 e. The molecule has 2 aromatic carbocycles. The molecule has 1 atom stereocenters. The Morgan fingerprint density at radius 2 is 1.66 bits per heavy atom. The fraction of sp³-hybridized carbons (Fsp3) is 0.409. The van der Waals surface area contributed by atoms with Crippen molar-refractivity contribution in [2.75, 3.05) is 38.6 Å². The Morgan fingerprint density at radius 1 is 1.00 bits per heavy atom. The Hall–Kier alpha value is -1.95. The van der Waals surface area contributed by atoms with Crippen molar-refractivity contribution in [1.82, 2.24) is 10.2 Å². The van der Waals surface area contributed by atoms with Gasteiger partial charge in [0, 0.05) is 12.2 Å². The topological polar surface area (TPSA) is 53.6 Å². The molecule has 1 heterocycles. The number of ether oxygens (including phenoxy) is 1. The molecule has 0 spiro atoms. The van der Waals surface area contributed by atoms with Gasteiger partial charge in [-0.05, 0) is 55.8 Å². The minimum absolute atomic E-state index is 0. The molecule has 1 aliphatic heterocycles. The highest BCUT2D eigenvalue weighted by molar-refractivity contribution is 5.85. The number of amides is 1. The van der Waals surface area contributed by atoms with Crippen molar-refractivity contribution in [3.05, 3.63) is 60.2 Å². The number of hydrogen-bond donors (Lipinski definition) is 2. The van der Waals surface area contributed by atoms with E-state index in [1.165, 1.54) is 24.8 Å². The van der Waals surface area contributed by atoms with Gasteiger partial charge in [0.05, 0.1) is 19.7 Å². The number of piperidine rings is 1. The summed E-state index contributed by atoms with van der Waals surface area (Å²) < 4.78 is 5.27. The van der Waals surface area contributed by atoms with Crippen LogP contribution in [-0.2, 0) is 4.79 Å². The van der Waals surface area contributed by atoms with Gasteiger partial charge in [0.1, 0.15) is 5.75 Å². The largest absolute Gasteiger partial charge is 0.497 e. The van der Waals surface area contributed by atoms with Crippen LogP contribution in [0.15, 0.2) is 54.6 Å². The number of anilines is 1. The summed E-state index contributed by atoms with van der Waals surface area (Å²) in [4.78, 5) is 14.8. The number of likely N-dealkylation sites (tertiary alicyclic amines) is 1. The maximum absolute atomic E-state index is 12.3. The average Bonchev–Trinajstić information content (AvgIpc) is 2.74. The Kier molecular flexibility index (Phi) is 11.5. The second-order valence-electron chi connectivity index (χ2n) is 6.91. The summed E-state index contributed by atoms with van der Waals surface area (Å²) >= 11 is 0. The van der Waals surface area contributed by atoms with Gasteiger partial charge in [-0.15, -0.1) is 24.8 Å². The summed E-state index contributed by atoms with van der Waals surface area (Å²) in [6.45, 7) is 3.05. The van der Waals surface area contributed by atoms with Crippen LogP contribution in [0.5, 0.6) is 5.75 Å². The number of para-hydroxylation sites is 1. The van der Waals surface area contributed by atoms with Crippen LogP contribution in [0, 0.1) is 0 Å². The number of rotatable bonds is 8. The van der Waals surface area contributed by atoms with E-state index >= 15 is 0 Å². The van der Waals surface area contributed by atoms with E-state index in [4.69, 9.17) is 4.74 Å². The average molecular weight is 440 g/mol. The number of benzene rings is 2. The molecule has 29 heavy (non-hydrogen) atoms. The van der Waals surface area contributed by atoms with Crippen LogP contribution in [0.25, 0.3) is 0 Å². The highest BCUT2D eigenvalue weighted by Crippen LogP contribution is 2.25. The normalized spacial score (nSPS) is 14.7. The van der Waals surface area contributed by atoms with Gasteiger partial charge in [-0.2, -0.15) is 0 Å². The summed E-state index contributed by atoms with van der Waals surface area (Å²) in [7, 11) is 1.68. The minimum atomic E-state index is 0. The van der Waals surface area contributed by atoms with Gasteiger partial charge in [-0.25, -0.2) is 0 Å². The Morgan fingerprint density at radius 3 is 2.28 bits per heavy atom. The lowest BCUT2D eigenvalue weighted by Gasteiger charge is -2.35. The van der Waals surface area contributed by atoms with Gasteiger partial charge < -0.3 is 15.4 Å². The fourth-order valence-corrected chi connectivity index (χ4v) is 3.53. The highest BCUT2D eigenvalue weighted by atomic mass is 35.5. The molecule has 3 rings (SSSR count). The Labute approximate surface area is 186 Å². The first-order chi connectivity index (χ1) is 13.3. The first-order valence-corrected chi connectivity index (χ1v) is 9.70. The van der Waals surface area contributed by atoms with E-state index in [1.54, 1.807) is 7.11 Å². The van der Waals surface area contributed by atoms with E-state index in [2.05, 4.69) is 27.7 Å². The summed E-state index contributed by atoms with van der Waals surface area (Å²) in [5.74, 6) is 0.863. The number of carbonyl (C=O) groups is 1. The first-order valence-electron chi connectivity index (χ1n) is 9.70. The van der Waals surface area contributed by atoms with Crippen molar-refractivity contribution in [1.29, 1.82) is 0 Å². The second kappa shape index (κ2) is 13.3. The number of methoxy groups -OCH3 is 1. The first kappa shape index (κ1) is 25.1. The molecule has 0 radical (unpaired) electrons. The quantitative estimate of drug-likeness (QED) is 0.643. The molecule has 0 aromatic heterocycles. The summed E-state index contributed by atoms with van der Waals surface area (Å²) in [5.41, 5.74) is 2.17. The third kappa shape index (κ3) is 7.77. The summed E-state index contributed by atoms with van der Waals surface area (Å²) in [5, 5.41) is 6.26. The Balaban J connectivity index is 0.00000210. The molecular weight excluding hydrogens is 409 g/mol. The number of nitrogens with one attached hydrogen (secondary N) is 2. The van der Waals surface area contributed by atoms with Crippen molar-refractivity contribution in [3.63, 3.8) is 0 Å². The van der Waals surface area contributed by atoms with E-state index in [1.807, 2.05) is 42.5 Å². The lowest BCUT2D eigenvalue weighted by atomic mass is 10.0. The zero-order valence-corrected chi connectivity index (χ0v) is 18.4. The maximum Gasteiger partial charge on any atom is 0.239 e. The molecule has 5 nitrogen and oxygen atoms in total. The van der Waals surface area contributed by atoms with E-state index in [9.17, 15) is 4.79 Å². The molecule has 1 aliphatic rings. The SMILES string of the molecule is COc1ccc(C(CNC(=O)CNc2ccccc2)N2CCCCC2)cc1.Cl.Cl. The van der Waals surface area contributed by atoms with E-state index < -0.39 is 0 Å². The zero-order chi connectivity index (χ0) is 18.9. The van der Waals surface area contributed by atoms with Crippen LogP contribution in [-0.4, -0.2) is 44.1 Å². The van der Waals surface area contributed by atoms with Crippen LogP contribution >= 0.6 is 24.8 Å². The number of halogens is 2. The number of carbonyl (C=O) groups excluding carboxylic acids is 1. The van der Waals surface area contributed by atoms with Gasteiger partial charge in [0.25, 0.3) is 0 Å². The lowest BCUT2D eigenvalue weighted by molar-refractivity contribution is -0.119. The zero-order valence-electron chi connectivity index (χ0n) is 16.8. The van der Waals surface area contributed by atoms with Crippen molar-refractivity contribution in [2.24, 2.45) is 0 Å². The lowest BCUT2D eigenvalue weighted by Crippen LogP contribution is -2.41. The summed E-state index contributed by atoms with van der Waals surface area (Å²) in [6.07, 6.45) is 3.73. The van der Waals surface area contributed by atoms with Crippen molar-refractivity contribution in [3.8, 4) is 5.75 Å². The molecule has 1 amide bonds. The maximum atomic E-state index is 12.3. The molecule has 1 saturated heterocycles. The molecule has 0 aliphatic carbocycles. The molecule has 2 N–H and O–H groups in total. The summed E-state index contributed by atoms with van der Waals surface area (Å²) in [6, 6.07) is 18.2. The predicted molar refractivity (Wildman–Crippen MR) is 124 cm³/mol. The third-order valence-corrected chi connectivity index (χ3v) is 5.05. The fourth-order valence-electron chi connectivity index (χ4n) is 3.53.